The molecule has 1 aliphatic carbocycles. The number of halogens is 3. The molecule has 0 bridgehead atoms. The SMILES string of the molecule is CCCCN(C)Cc1cc(OC2CCC(N3CC(CC#N)(n4cc(-c5ncnc6[nH]ccc56)cn4)C3)CC2)nc(C(F)(F)F)n1. The van der Waals surface area contributed by atoms with Crippen LogP contribution in [0.4, 0.5) is 13.2 Å². The van der Waals surface area contributed by atoms with Crippen molar-refractivity contribution < 1.29 is 17.9 Å². The number of nitrogens with zero attached hydrogens (tertiary/aromatic N) is 9. The first-order valence-electron chi connectivity index (χ1n) is 15.4. The van der Waals surface area contributed by atoms with Crippen LogP contribution < -0.4 is 4.74 Å². The van der Waals surface area contributed by atoms with Gasteiger partial charge in [-0.05, 0) is 51.8 Å². The molecule has 11 nitrogen and oxygen atoms in total. The van der Waals surface area contributed by atoms with E-state index in [9.17, 15) is 18.4 Å². The summed E-state index contributed by atoms with van der Waals surface area (Å²) in [6, 6.07) is 6.12. The number of aromatic amines is 1. The van der Waals surface area contributed by atoms with Gasteiger partial charge in [0.05, 0.1) is 30.1 Å². The summed E-state index contributed by atoms with van der Waals surface area (Å²) in [4.78, 5) is 23.7. The molecule has 2 aliphatic rings. The van der Waals surface area contributed by atoms with Crippen LogP contribution >= 0.6 is 0 Å². The van der Waals surface area contributed by atoms with Gasteiger partial charge in [-0.3, -0.25) is 9.58 Å². The van der Waals surface area contributed by atoms with Gasteiger partial charge in [0.25, 0.3) is 0 Å². The highest BCUT2D eigenvalue weighted by atomic mass is 19.4. The molecule has 5 heterocycles. The summed E-state index contributed by atoms with van der Waals surface area (Å²) < 4.78 is 48.7. The molecule has 4 aromatic rings. The standard InChI is InChI=1S/C31H37F3N10O/c1-3-4-13-42(2)17-22-14-26(41-29(40-22)31(32,33)34)45-24-7-5-23(6-8-24)43-18-30(19-43,10-11-35)44-16-21(15-39-44)27-25-9-12-36-28(25)38-20-37-27/h9,12,14-16,20,23-24H,3-8,10,13,17-19H2,1-2H3,(H,36,37,38). The predicted molar refractivity (Wildman–Crippen MR) is 160 cm³/mol. The van der Waals surface area contributed by atoms with Crippen LogP contribution in [0.5, 0.6) is 5.88 Å². The maximum absolute atomic E-state index is 13.6. The monoisotopic (exact) mass is 622 g/mol. The molecule has 1 N–H and O–H groups in total. The van der Waals surface area contributed by atoms with E-state index in [4.69, 9.17) is 4.74 Å². The van der Waals surface area contributed by atoms with Gasteiger partial charge in [0, 0.05) is 55.1 Å². The summed E-state index contributed by atoms with van der Waals surface area (Å²) in [6.45, 7) is 4.52. The zero-order chi connectivity index (χ0) is 31.6. The van der Waals surface area contributed by atoms with Crippen molar-refractivity contribution in [3.63, 3.8) is 0 Å². The molecule has 0 atom stereocenters. The van der Waals surface area contributed by atoms with E-state index in [1.165, 1.54) is 12.4 Å². The van der Waals surface area contributed by atoms with E-state index in [-0.39, 0.29) is 12.0 Å². The molecule has 1 saturated carbocycles. The van der Waals surface area contributed by atoms with Crippen molar-refractivity contribution in [3.8, 4) is 23.2 Å². The highest BCUT2D eigenvalue weighted by molar-refractivity contribution is 5.90. The summed E-state index contributed by atoms with van der Waals surface area (Å²) in [6.07, 6.45) is 7.59. The van der Waals surface area contributed by atoms with Crippen molar-refractivity contribution in [1.82, 2.24) is 44.5 Å². The number of fused-ring (bicyclic) bond motifs is 1. The Morgan fingerprint density at radius 1 is 1.18 bits per heavy atom. The molecule has 238 valence electrons. The minimum atomic E-state index is -4.65. The highest BCUT2D eigenvalue weighted by Crippen LogP contribution is 2.39. The van der Waals surface area contributed by atoms with E-state index in [1.807, 2.05) is 35.1 Å². The molecule has 6 rings (SSSR count). The number of unbranched alkanes of at least 4 members (excludes halogenated alkanes) is 1. The Kier molecular flexibility index (Phi) is 8.74. The topological polar surface area (TPSA) is 125 Å². The smallest absolute Gasteiger partial charge is 0.451 e. The first kappa shape index (κ1) is 30.9. The summed E-state index contributed by atoms with van der Waals surface area (Å²) >= 11 is 0. The fourth-order valence-corrected chi connectivity index (χ4v) is 6.48. The molecule has 45 heavy (non-hydrogen) atoms. The van der Waals surface area contributed by atoms with Crippen LogP contribution in [0.25, 0.3) is 22.3 Å². The van der Waals surface area contributed by atoms with E-state index >= 15 is 0 Å². The quantitative estimate of drug-likeness (QED) is 0.241. The molecular weight excluding hydrogens is 585 g/mol. The van der Waals surface area contributed by atoms with E-state index in [1.54, 1.807) is 6.20 Å². The number of alkyl halides is 3. The third kappa shape index (κ3) is 6.64. The van der Waals surface area contributed by atoms with Gasteiger partial charge in [-0.25, -0.2) is 15.0 Å². The highest BCUT2D eigenvalue weighted by Gasteiger charge is 2.48. The minimum absolute atomic E-state index is 0.0215. The van der Waals surface area contributed by atoms with Crippen LogP contribution in [-0.4, -0.2) is 83.3 Å². The van der Waals surface area contributed by atoms with Crippen LogP contribution in [0.1, 0.15) is 63.4 Å². The summed E-state index contributed by atoms with van der Waals surface area (Å²) in [7, 11) is 1.87. The molecule has 0 unspecified atom stereocenters. The first-order valence-corrected chi connectivity index (χ1v) is 15.4. The van der Waals surface area contributed by atoms with Gasteiger partial charge in [-0.2, -0.15) is 28.5 Å². The molecule has 1 aliphatic heterocycles. The summed E-state index contributed by atoms with van der Waals surface area (Å²) in [5, 5.41) is 15.2. The third-order valence-electron chi connectivity index (χ3n) is 8.88. The Balaban J connectivity index is 1.08. The Labute approximate surface area is 259 Å². The Morgan fingerprint density at radius 2 is 1.98 bits per heavy atom. The van der Waals surface area contributed by atoms with Crippen LogP contribution in [0.3, 0.4) is 0 Å². The average Bonchev–Trinajstić information content (AvgIpc) is 3.68. The van der Waals surface area contributed by atoms with Gasteiger partial charge in [-0.15, -0.1) is 0 Å². The van der Waals surface area contributed by atoms with Gasteiger partial charge in [-0.1, -0.05) is 13.3 Å². The number of nitriles is 1. The van der Waals surface area contributed by atoms with Crippen LogP contribution in [0, 0.1) is 11.3 Å². The van der Waals surface area contributed by atoms with E-state index in [0.717, 1.165) is 54.5 Å². The van der Waals surface area contributed by atoms with E-state index in [2.05, 4.69) is 47.9 Å². The van der Waals surface area contributed by atoms with Crippen LogP contribution in [0.15, 0.2) is 37.1 Å². The Hall–Kier alpha value is -4.09. The van der Waals surface area contributed by atoms with E-state index in [0.29, 0.717) is 50.6 Å². The lowest BCUT2D eigenvalue weighted by Gasteiger charge is -2.53. The number of hydrogen-bond acceptors (Lipinski definition) is 9. The fraction of sp³-hybridized carbons (Fsp3) is 0.548. The van der Waals surface area contributed by atoms with Crippen molar-refractivity contribution in [2.75, 3.05) is 26.7 Å². The number of likely N-dealkylation sites (tertiary alicyclic amines) is 1. The van der Waals surface area contributed by atoms with Gasteiger partial charge in [0.15, 0.2) is 0 Å². The third-order valence-corrected chi connectivity index (χ3v) is 8.88. The largest absolute Gasteiger partial charge is 0.474 e. The molecule has 0 amide bonds. The normalized spacial score (nSPS) is 20.3. The second-order valence-corrected chi connectivity index (χ2v) is 12.3. The molecule has 0 aromatic carbocycles. The van der Waals surface area contributed by atoms with Gasteiger partial charge < -0.3 is 14.6 Å². The van der Waals surface area contributed by atoms with Crippen molar-refractivity contribution in [2.45, 2.75) is 82.3 Å². The van der Waals surface area contributed by atoms with E-state index < -0.39 is 17.5 Å². The summed E-state index contributed by atoms with van der Waals surface area (Å²) in [5.74, 6) is -1.19. The Morgan fingerprint density at radius 3 is 2.71 bits per heavy atom. The van der Waals surface area contributed by atoms with Crippen LogP contribution in [0.2, 0.25) is 0 Å². The van der Waals surface area contributed by atoms with Gasteiger partial charge in [0.2, 0.25) is 11.7 Å². The van der Waals surface area contributed by atoms with Gasteiger partial charge >= 0.3 is 6.18 Å². The molecule has 4 aromatic heterocycles. The predicted octanol–water partition coefficient (Wildman–Crippen LogP) is 5.18. The zero-order valence-electron chi connectivity index (χ0n) is 25.5. The minimum Gasteiger partial charge on any atom is -0.474 e. The molecule has 0 spiro atoms. The number of nitrogens with one attached hydrogen (secondary N) is 1. The number of rotatable bonds is 11. The average molecular weight is 623 g/mol. The Bertz CT molecular complexity index is 1650. The number of ether oxygens (including phenoxy) is 1. The van der Waals surface area contributed by atoms with Crippen molar-refractivity contribution in [2.24, 2.45) is 0 Å². The second-order valence-electron chi connectivity index (χ2n) is 12.3. The lowest BCUT2D eigenvalue weighted by molar-refractivity contribution is -0.145. The van der Waals surface area contributed by atoms with Crippen LogP contribution in [-0.2, 0) is 18.3 Å². The number of aromatic nitrogens is 7. The molecule has 2 fully saturated rings. The first-order chi connectivity index (χ1) is 21.7. The maximum atomic E-state index is 13.6. The molecule has 14 heteroatoms. The molecular formula is C31H37F3N10O. The lowest BCUT2D eigenvalue weighted by atomic mass is 9.82. The zero-order valence-corrected chi connectivity index (χ0v) is 25.5. The number of hydrogen-bond donors (Lipinski definition) is 1. The fourth-order valence-electron chi connectivity index (χ4n) is 6.48. The second kappa shape index (κ2) is 12.7. The summed E-state index contributed by atoms with van der Waals surface area (Å²) in [5.41, 5.74) is 2.28. The van der Waals surface area contributed by atoms with Crippen molar-refractivity contribution in [3.05, 3.63) is 48.6 Å². The van der Waals surface area contributed by atoms with Crippen molar-refractivity contribution in [1.29, 1.82) is 5.26 Å². The maximum Gasteiger partial charge on any atom is 0.451 e. The van der Waals surface area contributed by atoms with Crippen molar-refractivity contribution >= 4 is 11.0 Å². The lowest BCUT2D eigenvalue weighted by Crippen LogP contribution is -2.65. The molecule has 0 radical (unpaired) electrons. The molecule has 1 saturated heterocycles. The number of H-pyrrole nitrogens is 1. The van der Waals surface area contributed by atoms with Gasteiger partial charge in [0.1, 0.15) is 23.6 Å².